The lowest BCUT2D eigenvalue weighted by molar-refractivity contribution is -0.120. The van der Waals surface area contributed by atoms with Crippen LogP contribution in [-0.4, -0.2) is 40.2 Å². The number of hydrogen-bond donors (Lipinski definition) is 1. The number of sulfonamides is 1. The zero-order chi connectivity index (χ0) is 23.3. The van der Waals surface area contributed by atoms with Crippen LogP contribution >= 0.6 is 0 Å². The third kappa shape index (κ3) is 6.25. The fraction of sp³-hybridized carbons (Fsp3) is 0.480. The van der Waals surface area contributed by atoms with E-state index in [0.29, 0.717) is 11.6 Å². The van der Waals surface area contributed by atoms with Crippen LogP contribution < -0.4 is 14.5 Å². The van der Waals surface area contributed by atoms with Gasteiger partial charge in [-0.3, -0.25) is 9.10 Å². The number of nitrogens with one attached hydrogen (secondary N) is 1. The van der Waals surface area contributed by atoms with Gasteiger partial charge < -0.3 is 10.2 Å². The summed E-state index contributed by atoms with van der Waals surface area (Å²) in [4.78, 5) is 15.1. The van der Waals surface area contributed by atoms with Crippen LogP contribution in [0.25, 0.3) is 0 Å². The minimum atomic E-state index is -3.59. The highest BCUT2D eigenvalue weighted by atomic mass is 32.2. The van der Waals surface area contributed by atoms with Crippen LogP contribution in [0.15, 0.2) is 48.5 Å². The molecule has 1 aliphatic rings. The van der Waals surface area contributed by atoms with E-state index in [1.807, 2.05) is 38.1 Å². The number of rotatable bonds is 8. The van der Waals surface area contributed by atoms with Crippen molar-refractivity contribution in [3.63, 3.8) is 0 Å². The largest absolute Gasteiger partial charge is 0.371 e. The van der Waals surface area contributed by atoms with Crippen LogP contribution in [0.5, 0.6) is 0 Å². The first-order valence-electron chi connectivity index (χ1n) is 11.4. The van der Waals surface area contributed by atoms with Gasteiger partial charge in [0.25, 0.3) is 0 Å². The Balaban J connectivity index is 1.64. The average Bonchev–Trinajstić information content (AvgIpc) is 2.77. The van der Waals surface area contributed by atoms with E-state index in [0.717, 1.165) is 41.2 Å². The molecule has 1 amide bonds. The number of carbonyl (C=O) groups is 1. The van der Waals surface area contributed by atoms with Gasteiger partial charge in [-0.2, -0.15) is 0 Å². The van der Waals surface area contributed by atoms with E-state index in [1.165, 1.54) is 18.5 Å². The second-order valence-corrected chi connectivity index (χ2v) is 10.8. The van der Waals surface area contributed by atoms with Gasteiger partial charge in [-0.05, 0) is 67.5 Å². The Kier molecular flexibility index (Phi) is 7.82. The molecule has 32 heavy (non-hydrogen) atoms. The molecule has 1 saturated heterocycles. The van der Waals surface area contributed by atoms with Gasteiger partial charge in [0.1, 0.15) is 6.54 Å². The molecule has 2 aromatic rings. The fourth-order valence-electron chi connectivity index (χ4n) is 4.20. The van der Waals surface area contributed by atoms with Crippen molar-refractivity contribution in [2.24, 2.45) is 5.92 Å². The van der Waals surface area contributed by atoms with Crippen molar-refractivity contribution in [3.05, 3.63) is 59.7 Å². The van der Waals surface area contributed by atoms with E-state index >= 15 is 0 Å². The summed E-state index contributed by atoms with van der Waals surface area (Å²) in [5.74, 6) is 0.369. The molecule has 1 aliphatic heterocycles. The summed E-state index contributed by atoms with van der Waals surface area (Å²) in [5, 5.41) is 2.94. The Morgan fingerprint density at radius 3 is 2.38 bits per heavy atom. The summed E-state index contributed by atoms with van der Waals surface area (Å²) >= 11 is 0. The number of hydrogen-bond acceptors (Lipinski definition) is 4. The molecule has 1 N–H and O–H groups in total. The molecule has 174 valence electrons. The number of anilines is 2. The van der Waals surface area contributed by atoms with Crippen molar-refractivity contribution in [1.29, 1.82) is 0 Å². The van der Waals surface area contributed by atoms with Crippen LogP contribution in [-0.2, 0) is 21.2 Å². The van der Waals surface area contributed by atoms with Crippen molar-refractivity contribution in [2.75, 3.05) is 35.1 Å². The second-order valence-electron chi connectivity index (χ2n) is 8.86. The van der Waals surface area contributed by atoms with Gasteiger partial charge in [0, 0.05) is 18.8 Å². The van der Waals surface area contributed by atoms with Crippen LogP contribution in [0.1, 0.15) is 50.8 Å². The van der Waals surface area contributed by atoms with Crippen molar-refractivity contribution in [2.45, 2.75) is 46.1 Å². The average molecular weight is 458 g/mol. The number of piperidine rings is 1. The van der Waals surface area contributed by atoms with Gasteiger partial charge in [0.15, 0.2) is 0 Å². The lowest BCUT2D eigenvalue weighted by Crippen LogP contribution is -2.41. The summed E-state index contributed by atoms with van der Waals surface area (Å²) in [7, 11) is -3.59. The molecule has 0 bridgehead atoms. The first-order valence-corrected chi connectivity index (χ1v) is 13.2. The highest BCUT2D eigenvalue weighted by Gasteiger charge is 2.22. The zero-order valence-corrected chi connectivity index (χ0v) is 20.4. The van der Waals surface area contributed by atoms with Gasteiger partial charge in [-0.1, -0.05) is 38.1 Å². The van der Waals surface area contributed by atoms with E-state index < -0.39 is 10.0 Å². The topological polar surface area (TPSA) is 69.7 Å². The predicted molar refractivity (Wildman–Crippen MR) is 132 cm³/mol. The molecule has 1 fully saturated rings. The van der Waals surface area contributed by atoms with Gasteiger partial charge in [0.05, 0.1) is 18.0 Å². The Bertz CT molecular complexity index is 1000. The van der Waals surface area contributed by atoms with Crippen molar-refractivity contribution < 1.29 is 13.2 Å². The Morgan fingerprint density at radius 1 is 1.16 bits per heavy atom. The molecular weight excluding hydrogens is 422 g/mol. The maximum absolute atomic E-state index is 12.7. The summed E-state index contributed by atoms with van der Waals surface area (Å²) in [6.45, 7) is 8.14. The highest BCUT2D eigenvalue weighted by molar-refractivity contribution is 7.92. The molecule has 0 spiro atoms. The van der Waals surface area contributed by atoms with Gasteiger partial charge in [-0.25, -0.2) is 8.42 Å². The van der Waals surface area contributed by atoms with E-state index in [2.05, 4.69) is 29.3 Å². The number of benzene rings is 2. The van der Waals surface area contributed by atoms with Crippen LogP contribution in [0, 0.1) is 5.92 Å². The Hall–Kier alpha value is -2.54. The first-order chi connectivity index (χ1) is 15.2. The van der Waals surface area contributed by atoms with E-state index in [-0.39, 0.29) is 18.5 Å². The number of amides is 1. The molecule has 1 heterocycles. The number of carbonyl (C=O) groups excluding carboxylic acids is 1. The normalized spacial score (nSPS) is 17.6. The molecule has 2 unspecified atom stereocenters. The van der Waals surface area contributed by atoms with E-state index in [4.69, 9.17) is 0 Å². The molecular formula is C25H35N3O3S. The highest BCUT2D eigenvalue weighted by Crippen LogP contribution is 2.25. The van der Waals surface area contributed by atoms with E-state index in [9.17, 15) is 13.2 Å². The molecule has 3 rings (SSSR count). The molecule has 0 aromatic heterocycles. The Labute approximate surface area is 192 Å². The maximum Gasteiger partial charge on any atom is 0.241 e. The quantitative estimate of drug-likeness (QED) is 0.647. The van der Waals surface area contributed by atoms with Crippen LogP contribution in [0.3, 0.4) is 0 Å². The molecule has 0 aliphatic carbocycles. The van der Waals surface area contributed by atoms with Crippen LogP contribution in [0.4, 0.5) is 11.4 Å². The lowest BCUT2D eigenvalue weighted by atomic mass is 9.99. The lowest BCUT2D eigenvalue weighted by Gasteiger charge is -2.33. The standard InChI is InChI=1S/C25H35N3O3S/c1-5-21-8-12-24(13-9-21)28(32(4,30)31)18-25(29)26-20(3)22-10-14-23(15-11-22)27-16-6-7-19(2)17-27/h8-15,19-20H,5-7,16-18H2,1-4H3,(H,26,29). The Morgan fingerprint density at radius 2 is 1.81 bits per heavy atom. The molecule has 0 radical (unpaired) electrons. The summed E-state index contributed by atoms with van der Waals surface area (Å²) in [6, 6.07) is 15.3. The second kappa shape index (κ2) is 10.4. The third-order valence-electron chi connectivity index (χ3n) is 6.11. The predicted octanol–water partition coefficient (Wildman–Crippen LogP) is 4.13. The first kappa shape index (κ1) is 24.1. The summed E-state index contributed by atoms with van der Waals surface area (Å²) in [6.07, 6.45) is 4.49. The van der Waals surface area contributed by atoms with Crippen molar-refractivity contribution in [1.82, 2.24) is 5.32 Å². The molecule has 2 atom stereocenters. The summed E-state index contributed by atoms with van der Waals surface area (Å²) < 4.78 is 25.8. The fourth-order valence-corrected chi connectivity index (χ4v) is 5.05. The van der Waals surface area contributed by atoms with Gasteiger partial charge in [0.2, 0.25) is 15.9 Å². The number of aryl methyl sites for hydroxylation is 1. The zero-order valence-electron chi connectivity index (χ0n) is 19.5. The number of nitrogens with zero attached hydrogens (tertiary/aromatic N) is 2. The molecule has 2 aromatic carbocycles. The van der Waals surface area contributed by atoms with Gasteiger partial charge in [-0.15, -0.1) is 0 Å². The van der Waals surface area contributed by atoms with E-state index in [1.54, 1.807) is 12.1 Å². The van der Waals surface area contributed by atoms with Crippen molar-refractivity contribution >= 4 is 27.3 Å². The van der Waals surface area contributed by atoms with Gasteiger partial charge >= 0.3 is 0 Å². The minimum Gasteiger partial charge on any atom is -0.371 e. The molecule has 6 nitrogen and oxygen atoms in total. The molecule has 7 heteroatoms. The monoisotopic (exact) mass is 457 g/mol. The van der Waals surface area contributed by atoms with Crippen molar-refractivity contribution in [3.8, 4) is 0 Å². The minimum absolute atomic E-state index is 0.222. The summed E-state index contributed by atoms with van der Waals surface area (Å²) in [5.41, 5.74) is 3.80. The molecule has 0 saturated carbocycles. The third-order valence-corrected chi connectivity index (χ3v) is 7.25. The van der Waals surface area contributed by atoms with Crippen LogP contribution in [0.2, 0.25) is 0 Å². The maximum atomic E-state index is 12.7. The smallest absolute Gasteiger partial charge is 0.241 e. The SMILES string of the molecule is CCc1ccc(N(CC(=O)NC(C)c2ccc(N3CCCC(C)C3)cc2)S(C)(=O)=O)cc1.